The van der Waals surface area contributed by atoms with Gasteiger partial charge in [0, 0.05) is 12.4 Å². The highest BCUT2D eigenvalue weighted by atomic mass is 16.3. The summed E-state index contributed by atoms with van der Waals surface area (Å²) in [5.74, 6) is 0. The molecule has 0 spiro atoms. The highest BCUT2D eigenvalue weighted by molar-refractivity contribution is 5.35. The number of aliphatic hydroxyl groups excluding tert-OH is 1. The first-order valence-corrected chi connectivity index (χ1v) is 4.77. The SMILES string of the molecule is [NH3+]c1ccc(C(O)c2ccncc2)cc1. The van der Waals surface area contributed by atoms with E-state index in [0.29, 0.717) is 0 Å². The van der Waals surface area contributed by atoms with E-state index in [4.69, 9.17) is 0 Å². The van der Waals surface area contributed by atoms with Crippen molar-refractivity contribution in [2.75, 3.05) is 0 Å². The molecule has 76 valence electrons. The Hall–Kier alpha value is -1.71. The molecule has 3 nitrogen and oxygen atoms in total. The number of hydrogen-bond acceptors (Lipinski definition) is 2. The van der Waals surface area contributed by atoms with Crippen molar-refractivity contribution >= 4 is 5.69 Å². The van der Waals surface area contributed by atoms with E-state index in [-0.39, 0.29) is 0 Å². The van der Waals surface area contributed by atoms with Crippen molar-refractivity contribution in [2.45, 2.75) is 6.10 Å². The number of quaternary nitrogens is 1. The van der Waals surface area contributed by atoms with Gasteiger partial charge in [-0.15, -0.1) is 0 Å². The van der Waals surface area contributed by atoms with Crippen molar-refractivity contribution in [1.82, 2.24) is 4.98 Å². The standard InChI is InChI=1S/C12H12N2O/c13-11-3-1-9(2-4-11)12(15)10-5-7-14-8-6-10/h1-8,12,15H,13H2/p+1. The summed E-state index contributed by atoms with van der Waals surface area (Å²) in [5, 5.41) is 10.0. The van der Waals surface area contributed by atoms with Gasteiger partial charge in [-0.1, -0.05) is 12.1 Å². The van der Waals surface area contributed by atoms with Gasteiger partial charge in [0.15, 0.2) is 0 Å². The summed E-state index contributed by atoms with van der Waals surface area (Å²) < 4.78 is 0. The van der Waals surface area contributed by atoms with E-state index in [2.05, 4.69) is 10.7 Å². The predicted octanol–water partition coefficient (Wildman–Crippen LogP) is 1.04. The predicted molar refractivity (Wildman–Crippen MR) is 57.3 cm³/mol. The molecule has 0 aliphatic heterocycles. The van der Waals surface area contributed by atoms with E-state index >= 15 is 0 Å². The van der Waals surface area contributed by atoms with Gasteiger partial charge < -0.3 is 10.8 Å². The Morgan fingerprint density at radius 3 is 2.07 bits per heavy atom. The quantitative estimate of drug-likeness (QED) is 0.762. The lowest BCUT2D eigenvalue weighted by Gasteiger charge is -2.10. The molecule has 1 unspecified atom stereocenters. The van der Waals surface area contributed by atoms with Gasteiger partial charge in [0.2, 0.25) is 0 Å². The number of aliphatic hydroxyl groups is 1. The van der Waals surface area contributed by atoms with Gasteiger partial charge in [0.25, 0.3) is 0 Å². The third-order valence-electron chi connectivity index (χ3n) is 2.32. The molecule has 0 saturated heterocycles. The normalized spacial score (nSPS) is 12.4. The number of hydrogen-bond donors (Lipinski definition) is 2. The molecular weight excluding hydrogens is 188 g/mol. The first-order valence-electron chi connectivity index (χ1n) is 4.77. The summed E-state index contributed by atoms with van der Waals surface area (Å²) in [6.07, 6.45) is 2.76. The van der Waals surface area contributed by atoms with E-state index in [1.165, 1.54) is 0 Å². The summed E-state index contributed by atoms with van der Waals surface area (Å²) >= 11 is 0. The highest BCUT2D eigenvalue weighted by Crippen LogP contribution is 2.21. The van der Waals surface area contributed by atoms with Gasteiger partial charge in [-0.05, 0) is 35.4 Å². The van der Waals surface area contributed by atoms with Gasteiger partial charge in [-0.25, -0.2) is 0 Å². The lowest BCUT2D eigenvalue weighted by Crippen LogP contribution is -2.39. The van der Waals surface area contributed by atoms with E-state index in [0.717, 1.165) is 16.8 Å². The van der Waals surface area contributed by atoms with Crippen LogP contribution in [-0.4, -0.2) is 10.1 Å². The minimum absolute atomic E-state index is 0.589. The van der Waals surface area contributed by atoms with Crippen molar-refractivity contribution in [3.63, 3.8) is 0 Å². The molecule has 0 aliphatic carbocycles. The van der Waals surface area contributed by atoms with E-state index < -0.39 is 6.10 Å². The summed E-state index contributed by atoms with van der Waals surface area (Å²) in [6, 6.07) is 11.2. The van der Waals surface area contributed by atoms with Gasteiger partial charge >= 0.3 is 0 Å². The molecule has 2 rings (SSSR count). The number of pyridine rings is 1. The molecule has 1 aromatic carbocycles. The molecule has 0 bridgehead atoms. The average molecular weight is 201 g/mol. The van der Waals surface area contributed by atoms with Crippen molar-refractivity contribution in [3.8, 4) is 0 Å². The monoisotopic (exact) mass is 201 g/mol. The fourth-order valence-electron chi connectivity index (χ4n) is 1.44. The van der Waals surface area contributed by atoms with Crippen LogP contribution in [0.15, 0.2) is 48.8 Å². The second kappa shape index (κ2) is 4.21. The molecule has 3 heteroatoms. The molecule has 2 aromatic rings. The molecule has 0 amide bonds. The number of aromatic nitrogens is 1. The average Bonchev–Trinajstić information content (AvgIpc) is 2.30. The molecule has 0 radical (unpaired) electrons. The van der Waals surface area contributed by atoms with Crippen molar-refractivity contribution in [1.29, 1.82) is 0 Å². The van der Waals surface area contributed by atoms with Crippen LogP contribution in [0, 0.1) is 0 Å². The lowest BCUT2D eigenvalue weighted by atomic mass is 10.0. The van der Waals surface area contributed by atoms with Gasteiger partial charge in [0.1, 0.15) is 11.8 Å². The van der Waals surface area contributed by atoms with Gasteiger partial charge in [-0.3, -0.25) is 4.98 Å². The Morgan fingerprint density at radius 1 is 0.933 bits per heavy atom. The smallest absolute Gasteiger partial charge is 0.127 e. The van der Waals surface area contributed by atoms with Crippen LogP contribution in [0.25, 0.3) is 0 Å². The maximum atomic E-state index is 10.0. The molecule has 15 heavy (non-hydrogen) atoms. The zero-order valence-electron chi connectivity index (χ0n) is 8.30. The van der Waals surface area contributed by atoms with E-state index in [9.17, 15) is 5.11 Å². The Morgan fingerprint density at radius 2 is 1.47 bits per heavy atom. The minimum atomic E-state index is -0.589. The Kier molecular flexibility index (Phi) is 2.76. The first kappa shape index (κ1) is 9.83. The topological polar surface area (TPSA) is 60.8 Å². The fraction of sp³-hybridized carbons (Fsp3) is 0.0833. The summed E-state index contributed by atoms with van der Waals surface area (Å²) in [5.41, 5.74) is 6.47. The number of benzene rings is 1. The molecule has 0 fully saturated rings. The fourth-order valence-corrected chi connectivity index (χ4v) is 1.44. The van der Waals surface area contributed by atoms with E-state index in [1.807, 2.05) is 36.4 Å². The summed E-state index contributed by atoms with van der Waals surface area (Å²) in [4.78, 5) is 3.91. The van der Waals surface area contributed by atoms with Crippen LogP contribution < -0.4 is 5.73 Å². The largest absolute Gasteiger partial charge is 0.384 e. The Labute approximate surface area is 88.2 Å². The number of nitrogens with zero attached hydrogens (tertiary/aromatic N) is 1. The van der Waals surface area contributed by atoms with Gasteiger partial charge in [0.05, 0.1) is 0 Å². The Balaban J connectivity index is 2.29. The Bertz CT molecular complexity index is 425. The maximum absolute atomic E-state index is 10.0. The number of rotatable bonds is 2. The second-order valence-corrected chi connectivity index (χ2v) is 3.42. The highest BCUT2D eigenvalue weighted by Gasteiger charge is 2.09. The van der Waals surface area contributed by atoms with Crippen LogP contribution in [0.1, 0.15) is 17.2 Å². The van der Waals surface area contributed by atoms with Crippen LogP contribution in [0.2, 0.25) is 0 Å². The molecule has 4 N–H and O–H groups in total. The van der Waals surface area contributed by atoms with Crippen molar-refractivity contribution in [3.05, 3.63) is 59.9 Å². The zero-order valence-corrected chi connectivity index (χ0v) is 8.30. The maximum Gasteiger partial charge on any atom is 0.127 e. The molecule has 1 aromatic heterocycles. The van der Waals surface area contributed by atoms with Crippen LogP contribution in [-0.2, 0) is 0 Å². The molecule has 1 heterocycles. The third-order valence-corrected chi connectivity index (χ3v) is 2.32. The zero-order chi connectivity index (χ0) is 10.7. The van der Waals surface area contributed by atoms with Crippen molar-refractivity contribution in [2.24, 2.45) is 0 Å². The first-order chi connectivity index (χ1) is 7.27. The summed E-state index contributed by atoms with van der Waals surface area (Å²) in [7, 11) is 0. The van der Waals surface area contributed by atoms with Crippen LogP contribution in [0.4, 0.5) is 5.69 Å². The van der Waals surface area contributed by atoms with Crippen LogP contribution >= 0.6 is 0 Å². The molecule has 1 atom stereocenters. The van der Waals surface area contributed by atoms with Crippen LogP contribution in [0.3, 0.4) is 0 Å². The van der Waals surface area contributed by atoms with Crippen LogP contribution in [0.5, 0.6) is 0 Å². The second-order valence-electron chi connectivity index (χ2n) is 3.42. The van der Waals surface area contributed by atoms with Gasteiger partial charge in [-0.2, -0.15) is 0 Å². The van der Waals surface area contributed by atoms with Crippen molar-refractivity contribution < 1.29 is 10.8 Å². The van der Waals surface area contributed by atoms with E-state index in [1.54, 1.807) is 12.4 Å². The molecular formula is C12H13N2O+. The molecule has 0 saturated carbocycles. The minimum Gasteiger partial charge on any atom is -0.384 e. The third kappa shape index (κ3) is 2.21. The summed E-state index contributed by atoms with van der Waals surface area (Å²) in [6.45, 7) is 0. The molecule has 0 aliphatic rings. The lowest BCUT2D eigenvalue weighted by molar-refractivity contribution is -0.254.